The quantitative estimate of drug-likeness (QED) is 0.797. The maximum atomic E-state index is 13.8. The van der Waals surface area contributed by atoms with Crippen molar-refractivity contribution in [1.29, 1.82) is 0 Å². The highest BCUT2D eigenvalue weighted by molar-refractivity contribution is 5.78. The highest BCUT2D eigenvalue weighted by atomic mass is 19.1. The topological polar surface area (TPSA) is 84.7 Å². The van der Waals surface area contributed by atoms with Crippen molar-refractivity contribution in [2.75, 3.05) is 14.2 Å². The Bertz CT molecular complexity index is 768. The van der Waals surface area contributed by atoms with E-state index < -0.39 is 17.9 Å². The molecule has 0 fully saturated rings. The molecule has 0 saturated carbocycles. The van der Waals surface area contributed by atoms with Gasteiger partial charge in [0.25, 0.3) is 0 Å². The van der Waals surface area contributed by atoms with Gasteiger partial charge in [0.2, 0.25) is 5.91 Å². The number of halogens is 1. The van der Waals surface area contributed by atoms with Gasteiger partial charge in [-0.2, -0.15) is 0 Å². The molecule has 0 aliphatic heterocycles. The molecule has 0 aliphatic carbocycles. The van der Waals surface area contributed by atoms with Crippen molar-refractivity contribution >= 4 is 11.9 Å². The lowest BCUT2D eigenvalue weighted by molar-refractivity contribution is -0.130. The smallest absolute Gasteiger partial charge is 0.312 e. The van der Waals surface area contributed by atoms with Gasteiger partial charge in [0, 0.05) is 13.6 Å². The van der Waals surface area contributed by atoms with Gasteiger partial charge in [-0.25, -0.2) is 9.18 Å². The number of benzene rings is 2. The zero-order chi connectivity index (χ0) is 19.1. The number of primary amides is 1. The highest BCUT2D eigenvalue weighted by Gasteiger charge is 2.20. The maximum absolute atomic E-state index is 13.8. The van der Waals surface area contributed by atoms with E-state index in [9.17, 15) is 14.0 Å². The molecule has 0 heterocycles. The average Bonchev–Trinajstić information content (AvgIpc) is 2.61. The van der Waals surface area contributed by atoms with Crippen molar-refractivity contribution < 1.29 is 18.7 Å². The molecule has 3 N–H and O–H groups in total. The molecule has 0 aliphatic rings. The largest absolute Gasteiger partial charge is 0.494 e. The molecular formula is C19H22FN3O3. The predicted molar refractivity (Wildman–Crippen MR) is 95.9 cm³/mol. The summed E-state index contributed by atoms with van der Waals surface area (Å²) in [5, 5.41) is 2.58. The molecule has 2 aromatic carbocycles. The van der Waals surface area contributed by atoms with E-state index in [2.05, 4.69) is 5.32 Å². The maximum Gasteiger partial charge on any atom is 0.312 e. The molecule has 0 spiro atoms. The number of methoxy groups -OCH3 is 1. The minimum Gasteiger partial charge on any atom is -0.494 e. The van der Waals surface area contributed by atoms with Crippen molar-refractivity contribution in [2.24, 2.45) is 5.73 Å². The van der Waals surface area contributed by atoms with Crippen molar-refractivity contribution in [3.8, 4) is 5.75 Å². The molecule has 0 aromatic heterocycles. The predicted octanol–water partition coefficient (Wildman–Crippen LogP) is 2.59. The zero-order valence-electron chi connectivity index (χ0n) is 14.7. The number of nitrogens with one attached hydrogen (secondary N) is 1. The lowest BCUT2D eigenvalue weighted by Crippen LogP contribution is -2.37. The van der Waals surface area contributed by atoms with Gasteiger partial charge in [0.15, 0.2) is 11.6 Å². The molecule has 1 atom stereocenters. The lowest BCUT2D eigenvalue weighted by Gasteiger charge is -2.22. The standard InChI is InChI=1S/C19H22FN3O3/c1-23(12-13-8-9-17(26-2)15(20)10-13)18(24)11-16(22-19(21)25)14-6-4-3-5-7-14/h3-10,16H,11-12H2,1-2H3,(H3,21,22,25)/t16-/m1/s1. The molecular weight excluding hydrogens is 337 g/mol. The molecule has 7 heteroatoms. The van der Waals surface area contributed by atoms with Crippen LogP contribution in [-0.2, 0) is 11.3 Å². The van der Waals surface area contributed by atoms with Crippen LogP contribution in [0.15, 0.2) is 48.5 Å². The summed E-state index contributed by atoms with van der Waals surface area (Å²) in [6, 6.07) is 12.4. The number of hydrogen-bond donors (Lipinski definition) is 2. The third-order valence-electron chi connectivity index (χ3n) is 3.96. The highest BCUT2D eigenvalue weighted by Crippen LogP contribution is 2.20. The first-order valence-corrected chi connectivity index (χ1v) is 8.08. The van der Waals surface area contributed by atoms with Crippen LogP contribution in [0, 0.1) is 5.82 Å². The van der Waals surface area contributed by atoms with Crippen LogP contribution in [-0.4, -0.2) is 31.0 Å². The Hall–Kier alpha value is -3.09. The number of nitrogens with zero attached hydrogens (tertiary/aromatic N) is 1. The Kier molecular flexibility index (Phi) is 6.54. The van der Waals surface area contributed by atoms with E-state index in [-0.39, 0.29) is 24.6 Å². The minimum absolute atomic E-state index is 0.0437. The van der Waals surface area contributed by atoms with E-state index in [0.29, 0.717) is 5.56 Å². The zero-order valence-corrected chi connectivity index (χ0v) is 14.7. The lowest BCUT2D eigenvalue weighted by atomic mass is 10.0. The summed E-state index contributed by atoms with van der Waals surface area (Å²) in [5.41, 5.74) is 6.64. The fourth-order valence-electron chi connectivity index (χ4n) is 2.61. The Balaban J connectivity index is 2.06. The Morgan fingerprint density at radius 2 is 1.92 bits per heavy atom. The Labute approximate surface area is 151 Å². The number of hydrogen-bond acceptors (Lipinski definition) is 3. The van der Waals surface area contributed by atoms with Crippen molar-refractivity contribution in [2.45, 2.75) is 19.0 Å². The number of carbonyl (C=O) groups excluding carboxylic acids is 2. The van der Waals surface area contributed by atoms with E-state index in [1.54, 1.807) is 13.1 Å². The number of carbonyl (C=O) groups is 2. The third-order valence-corrected chi connectivity index (χ3v) is 3.96. The van der Waals surface area contributed by atoms with Crippen molar-refractivity contribution in [3.63, 3.8) is 0 Å². The fourth-order valence-corrected chi connectivity index (χ4v) is 2.61. The van der Waals surface area contributed by atoms with E-state index in [0.717, 1.165) is 5.56 Å². The van der Waals surface area contributed by atoms with Gasteiger partial charge in [-0.1, -0.05) is 36.4 Å². The molecule has 3 amide bonds. The molecule has 2 aromatic rings. The Morgan fingerprint density at radius 1 is 1.23 bits per heavy atom. The molecule has 138 valence electrons. The van der Waals surface area contributed by atoms with Gasteiger partial charge in [-0.05, 0) is 23.3 Å². The molecule has 2 rings (SSSR count). The first-order chi connectivity index (χ1) is 12.4. The van der Waals surface area contributed by atoms with Gasteiger partial charge in [0.1, 0.15) is 0 Å². The van der Waals surface area contributed by atoms with Crippen molar-refractivity contribution in [1.82, 2.24) is 10.2 Å². The minimum atomic E-state index is -0.702. The van der Waals surface area contributed by atoms with Crippen molar-refractivity contribution in [3.05, 3.63) is 65.5 Å². The summed E-state index contributed by atoms with van der Waals surface area (Å²) in [4.78, 5) is 25.3. The van der Waals surface area contributed by atoms with Gasteiger partial charge in [-0.3, -0.25) is 4.79 Å². The summed E-state index contributed by atoms with van der Waals surface area (Å²) in [6.45, 7) is 0.234. The monoisotopic (exact) mass is 359 g/mol. The molecule has 0 unspecified atom stereocenters. The summed E-state index contributed by atoms with van der Waals surface area (Å²) >= 11 is 0. The van der Waals surface area contributed by atoms with Gasteiger partial charge < -0.3 is 20.7 Å². The average molecular weight is 359 g/mol. The second kappa shape index (κ2) is 8.84. The Morgan fingerprint density at radius 3 is 2.50 bits per heavy atom. The summed E-state index contributed by atoms with van der Waals surface area (Å²) in [7, 11) is 3.01. The number of ether oxygens (including phenoxy) is 1. The van der Waals surface area contributed by atoms with Crippen LogP contribution < -0.4 is 15.8 Å². The SMILES string of the molecule is COc1ccc(CN(C)C(=O)C[C@@H](NC(N)=O)c2ccccc2)cc1F. The van der Waals surface area contributed by atoms with Crippen LogP contribution in [0.5, 0.6) is 5.75 Å². The van der Waals surface area contributed by atoms with Crippen LogP contribution in [0.4, 0.5) is 9.18 Å². The summed E-state index contributed by atoms with van der Waals surface area (Å²) < 4.78 is 18.7. The fraction of sp³-hybridized carbons (Fsp3) is 0.263. The molecule has 26 heavy (non-hydrogen) atoms. The summed E-state index contributed by atoms with van der Waals surface area (Å²) in [5.74, 6) is -0.537. The second-order valence-electron chi connectivity index (χ2n) is 5.89. The van der Waals surface area contributed by atoms with Crippen LogP contribution in [0.1, 0.15) is 23.6 Å². The number of rotatable bonds is 7. The number of urea groups is 1. The summed E-state index contributed by atoms with van der Waals surface area (Å²) in [6.07, 6.45) is 0.0437. The van der Waals surface area contributed by atoms with E-state index in [1.807, 2.05) is 30.3 Å². The van der Waals surface area contributed by atoms with Crippen LogP contribution >= 0.6 is 0 Å². The molecule has 6 nitrogen and oxygen atoms in total. The van der Waals surface area contributed by atoms with Crippen LogP contribution in [0.2, 0.25) is 0 Å². The molecule has 0 bridgehead atoms. The van der Waals surface area contributed by atoms with E-state index in [4.69, 9.17) is 10.5 Å². The molecule has 0 saturated heterocycles. The first kappa shape index (κ1) is 19.2. The second-order valence-corrected chi connectivity index (χ2v) is 5.89. The number of nitrogens with two attached hydrogens (primary N) is 1. The van der Waals surface area contributed by atoms with E-state index >= 15 is 0 Å². The van der Waals surface area contributed by atoms with Gasteiger partial charge >= 0.3 is 6.03 Å². The molecule has 0 radical (unpaired) electrons. The van der Waals surface area contributed by atoms with Crippen LogP contribution in [0.25, 0.3) is 0 Å². The van der Waals surface area contributed by atoms with Crippen LogP contribution in [0.3, 0.4) is 0 Å². The van der Waals surface area contributed by atoms with E-state index in [1.165, 1.54) is 24.1 Å². The van der Waals surface area contributed by atoms with Gasteiger partial charge in [-0.15, -0.1) is 0 Å². The number of amides is 3. The normalized spacial score (nSPS) is 11.5. The third kappa shape index (κ3) is 5.20. The van der Waals surface area contributed by atoms with Gasteiger partial charge in [0.05, 0.1) is 19.6 Å². The first-order valence-electron chi connectivity index (χ1n) is 8.08.